The van der Waals surface area contributed by atoms with Gasteiger partial charge in [0.2, 0.25) is 5.69 Å². The third-order valence-electron chi connectivity index (χ3n) is 5.61. The number of alkyl halides is 3. The highest BCUT2D eigenvalue weighted by atomic mass is 19.4. The molecule has 2 aromatic carbocycles. The van der Waals surface area contributed by atoms with Gasteiger partial charge in [0.15, 0.2) is 5.52 Å². The van der Waals surface area contributed by atoms with Crippen LogP contribution in [0.2, 0.25) is 0 Å². The smallest absolute Gasteiger partial charge is 0.430 e. The number of carbonyl (C=O) groups is 2. The van der Waals surface area contributed by atoms with Gasteiger partial charge in [0.1, 0.15) is 11.8 Å². The van der Waals surface area contributed by atoms with E-state index in [0.29, 0.717) is 5.69 Å². The molecule has 4 aromatic rings. The summed E-state index contributed by atoms with van der Waals surface area (Å²) >= 11 is 0. The van der Waals surface area contributed by atoms with Crippen molar-refractivity contribution in [3.05, 3.63) is 96.1 Å². The Hall–Kier alpha value is -4.21. The number of rotatable bonds is 4. The van der Waals surface area contributed by atoms with E-state index in [4.69, 9.17) is 9.90 Å². The summed E-state index contributed by atoms with van der Waals surface area (Å²) in [5.74, 6) is -2.70. The number of carbonyl (C=O) groups excluding carboxylic acids is 2. The molecule has 1 amide bonds. The zero-order chi connectivity index (χ0) is 25.2. The Morgan fingerprint density at radius 1 is 0.943 bits per heavy atom. The van der Waals surface area contributed by atoms with Crippen LogP contribution in [-0.2, 0) is 10.3 Å². The number of benzene rings is 2. The van der Waals surface area contributed by atoms with E-state index in [1.54, 1.807) is 12.1 Å². The van der Waals surface area contributed by atoms with E-state index in [9.17, 15) is 22.4 Å². The standard InChI is InChI=1S/C23H18FN3O.C2HF3O2/c24-18-11-9-16(10-12-18)21-25-20(19-8-4-5-15-27(19)21)22(28)26-23(13-14-23)17-6-2-1-3-7-17;3-2(4,5)1(6)7/h1-12,15H,13-14H2,(H,26,28);(H,6,7). The number of aromatic amines is 1. The highest BCUT2D eigenvalue weighted by Crippen LogP contribution is 2.45. The molecule has 0 radical (unpaired) electrons. The third kappa shape index (κ3) is 5.16. The maximum Gasteiger partial charge on any atom is 0.430 e. The van der Waals surface area contributed by atoms with Gasteiger partial charge in [0.05, 0.1) is 17.3 Å². The van der Waals surface area contributed by atoms with Crippen molar-refractivity contribution >= 4 is 17.4 Å². The largest absolute Gasteiger partial charge is 0.542 e. The van der Waals surface area contributed by atoms with Crippen molar-refractivity contribution < 1.29 is 36.7 Å². The fourth-order valence-electron chi connectivity index (χ4n) is 3.72. The van der Waals surface area contributed by atoms with Gasteiger partial charge < -0.3 is 15.2 Å². The maximum atomic E-state index is 13.3. The molecule has 10 heteroatoms. The van der Waals surface area contributed by atoms with E-state index >= 15 is 0 Å². The van der Waals surface area contributed by atoms with Crippen LogP contribution in [-0.4, -0.2) is 23.0 Å². The first-order chi connectivity index (χ1) is 16.6. The Bertz CT molecular complexity index is 1360. The van der Waals surface area contributed by atoms with Gasteiger partial charge in [-0.15, -0.1) is 0 Å². The van der Waals surface area contributed by atoms with Crippen molar-refractivity contribution in [1.82, 2.24) is 10.3 Å². The Labute approximate surface area is 196 Å². The molecule has 0 saturated heterocycles. The minimum Gasteiger partial charge on any atom is -0.542 e. The van der Waals surface area contributed by atoms with Crippen molar-refractivity contribution in [2.24, 2.45) is 0 Å². The number of fused-ring (bicyclic) bond motifs is 1. The van der Waals surface area contributed by atoms with E-state index in [0.717, 1.165) is 35.3 Å². The molecule has 1 fully saturated rings. The average Bonchev–Trinajstić information content (AvgIpc) is 3.51. The van der Waals surface area contributed by atoms with E-state index in [1.807, 2.05) is 47.0 Å². The lowest BCUT2D eigenvalue weighted by atomic mass is 10.0. The molecule has 2 N–H and O–H groups in total. The van der Waals surface area contributed by atoms with Crippen LogP contribution in [0.15, 0.2) is 79.0 Å². The number of nitrogens with one attached hydrogen (secondary N) is 2. The Morgan fingerprint density at radius 2 is 1.54 bits per heavy atom. The average molecular weight is 485 g/mol. The lowest BCUT2D eigenvalue weighted by Crippen LogP contribution is -2.37. The summed E-state index contributed by atoms with van der Waals surface area (Å²) < 4.78 is 46.8. The number of H-pyrrole nitrogens is 1. The molecule has 0 spiro atoms. The second-order valence-electron chi connectivity index (χ2n) is 8.00. The van der Waals surface area contributed by atoms with E-state index in [2.05, 4.69) is 22.4 Å². The third-order valence-corrected chi connectivity index (χ3v) is 5.61. The number of hydrogen-bond donors (Lipinski definition) is 2. The summed E-state index contributed by atoms with van der Waals surface area (Å²) in [4.78, 5) is 25.2. The Balaban J connectivity index is 0.000000364. The van der Waals surface area contributed by atoms with Crippen LogP contribution in [0.5, 0.6) is 0 Å². The minimum atomic E-state index is -5.19. The summed E-state index contributed by atoms with van der Waals surface area (Å²) in [6.45, 7) is 0. The molecule has 0 bridgehead atoms. The molecular weight excluding hydrogens is 466 g/mol. The summed E-state index contributed by atoms with van der Waals surface area (Å²) in [5.41, 5.74) is 2.94. The summed E-state index contributed by atoms with van der Waals surface area (Å²) in [6.07, 6.45) is -1.44. The number of amides is 1. The number of aromatic nitrogens is 2. The molecule has 35 heavy (non-hydrogen) atoms. The van der Waals surface area contributed by atoms with Gasteiger partial charge in [-0.1, -0.05) is 36.4 Å². The molecule has 1 aliphatic rings. The van der Waals surface area contributed by atoms with Crippen molar-refractivity contribution in [2.45, 2.75) is 24.6 Å². The molecule has 6 nitrogen and oxygen atoms in total. The fraction of sp³-hybridized carbons (Fsp3) is 0.160. The topological polar surface area (TPSA) is 89.1 Å². The monoisotopic (exact) mass is 485 g/mol. The first kappa shape index (κ1) is 23.9. The van der Waals surface area contributed by atoms with Crippen LogP contribution in [0.1, 0.15) is 28.9 Å². The lowest BCUT2D eigenvalue weighted by molar-refractivity contribution is -0.498. The molecule has 0 atom stereocenters. The SMILES string of the molecule is O=C(NC1(c2ccccc2)CC1)c1[nH]c(-c2ccc(F)cc2)[n+]2ccccc12.O=C([O-])C(F)(F)F. The first-order valence-corrected chi connectivity index (χ1v) is 10.6. The predicted molar refractivity (Wildman–Crippen MR) is 115 cm³/mol. The Morgan fingerprint density at radius 3 is 2.11 bits per heavy atom. The van der Waals surface area contributed by atoms with Gasteiger partial charge in [0.25, 0.3) is 11.7 Å². The number of halogens is 4. The number of aliphatic carboxylic acids is 1. The van der Waals surface area contributed by atoms with Crippen molar-refractivity contribution in [3.8, 4) is 11.4 Å². The van der Waals surface area contributed by atoms with Gasteiger partial charge in [-0.05, 0) is 54.8 Å². The molecule has 2 aromatic heterocycles. The zero-order valence-corrected chi connectivity index (χ0v) is 18.1. The Kier molecular flexibility index (Phi) is 6.29. The molecule has 5 rings (SSSR count). The molecule has 180 valence electrons. The van der Waals surface area contributed by atoms with Gasteiger partial charge in [-0.2, -0.15) is 17.6 Å². The lowest BCUT2D eigenvalue weighted by Gasteiger charge is -2.16. The van der Waals surface area contributed by atoms with Gasteiger partial charge in [-0.3, -0.25) is 4.79 Å². The second kappa shape index (κ2) is 9.21. The minimum absolute atomic E-state index is 0.140. The van der Waals surface area contributed by atoms with Crippen LogP contribution in [0, 0.1) is 5.82 Å². The highest BCUT2D eigenvalue weighted by molar-refractivity contribution is 5.99. The molecule has 1 saturated carbocycles. The number of pyridine rings is 1. The quantitative estimate of drug-likeness (QED) is 0.344. The van der Waals surface area contributed by atoms with E-state index in [1.165, 1.54) is 12.1 Å². The van der Waals surface area contributed by atoms with Gasteiger partial charge in [0, 0.05) is 0 Å². The summed E-state index contributed by atoms with van der Waals surface area (Å²) in [7, 11) is 0. The molecule has 2 heterocycles. The van der Waals surface area contributed by atoms with E-state index in [-0.39, 0.29) is 17.3 Å². The van der Waals surface area contributed by atoms with Crippen LogP contribution >= 0.6 is 0 Å². The first-order valence-electron chi connectivity index (χ1n) is 10.6. The van der Waals surface area contributed by atoms with Crippen LogP contribution in [0.4, 0.5) is 17.6 Å². The van der Waals surface area contributed by atoms with Gasteiger partial charge in [-0.25, -0.2) is 9.37 Å². The second-order valence-corrected chi connectivity index (χ2v) is 8.00. The highest BCUT2D eigenvalue weighted by Gasteiger charge is 2.46. The van der Waals surface area contributed by atoms with E-state index < -0.39 is 12.1 Å². The summed E-state index contributed by atoms with van der Waals surface area (Å²) in [5, 5.41) is 12.0. The zero-order valence-electron chi connectivity index (χ0n) is 18.1. The fourth-order valence-corrected chi connectivity index (χ4v) is 3.72. The predicted octanol–water partition coefficient (Wildman–Crippen LogP) is 3.28. The molecule has 0 aliphatic heterocycles. The van der Waals surface area contributed by atoms with Crippen LogP contribution < -0.4 is 14.8 Å². The maximum absolute atomic E-state index is 13.3. The number of carboxylic acid groups (broad SMARTS) is 1. The van der Waals surface area contributed by atoms with Crippen LogP contribution in [0.3, 0.4) is 0 Å². The molecule has 0 unspecified atom stereocenters. The van der Waals surface area contributed by atoms with Crippen molar-refractivity contribution in [3.63, 3.8) is 0 Å². The van der Waals surface area contributed by atoms with Crippen LogP contribution in [0.25, 0.3) is 16.9 Å². The van der Waals surface area contributed by atoms with Gasteiger partial charge >= 0.3 is 6.18 Å². The van der Waals surface area contributed by atoms with Crippen molar-refractivity contribution in [1.29, 1.82) is 0 Å². The number of nitrogens with zero attached hydrogens (tertiary/aromatic N) is 1. The normalized spacial score (nSPS) is 14.1. The number of hydrogen-bond acceptors (Lipinski definition) is 3. The van der Waals surface area contributed by atoms with Crippen molar-refractivity contribution in [2.75, 3.05) is 0 Å². The molecular formula is C25H19F4N3O3. The number of imidazole rings is 1. The summed E-state index contributed by atoms with van der Waals surface area (Å²) in [6, 6.07) is 22.0. The molecule has 1 aliphatic carbocycles. The number of carboxylic acids is 1.